The summed E-state index contributed by atoms with van der Waals surface area (Å²) in [7, 11) is 0. The Balaban J connectivity index is 1.67. The second-order valence-corrected chi connectivity index (χ2v) is 7.85. The highest BCUT2D eigenvalue weighted by Crippen LogP contribution is 2.34. The minimum Gasteiger partial charge on any atom is -0.506 e. The minimum atomic E-state index is -4.52. The lowest BCUT2D eigenvalue weighted by atomic mass is 10.1. The summed E-state index contributed by atoms with van der Waals surface area (Å²) >= 11 is 6.19. The highest BCUT2D eigenvalue weighted by atomic mass is 35.5. The van der Waals surface area contributed by atoms with Crippen molar-refractivity contribution in [2.24, 2.45) is 0 Å². The molecule has 10 heteroatoms. The fourth-order valence-electron chi connectivity index (χ4n) is 2.87. The van der Waals surface area contributed by atoms with E-state index in [2.05, 4.69) is 10.6 Å². The van der Waals surface area contributed by atoms with Gasteiger partial charge in [0.05, 0.1) is 22.0 Å². The Hall–Kier alpha value is -3.72. The Morgan fingerprint density at radius 1 is 0.971 bits per heavy atom. The maximum Gasteiger partial charge on any atom is 0.416 e. The van der Waals surface area contributed by atoms with Gasteiger partial charge in [-0.2, -0.15) is 13.2 Å². The van der Waals surface area contributed by atoms with Gasteiger partial charge in [0.15, 0.2) is 6.10 Å². The number of amides is 2. The van der Waals surface area contributed by atoms with Crippen molar-refractivity contribution < 1.29 is 32.6 Å². The summed E-state index contributed by atoms with van der Waals surface area (Å²) in [6.07, 6.45) is -5.40. The third kappa shape index (κ3) is 6.20. The summed E-state index contributed by atoms with van der Waals surface area (Å²) in [6, 6.07) is 13.1. The average Bonchev–Trinajstić information content (AvgIpc) is 2.78. The van der Waals surface area contributed by atoms with E-state index in [1.54, 1.807) is 19.1 Å². The van der Waals surface area contributed by atoms with Crippen LogP contribution >= 0.6 is 11.6 Å². The molecule has 178 valence electrons. The van der Waals surface area contributed by atoms with Crippen LogP contribution < -0.4 is 15.4 Å². The van der Waals surface area contributed by atoms with E-state index in [1.807, 2.05) is 19.1 Å². The first-order chi connectivity index (χ1) is 15.9. The predicted molar refractivity (Wildman–Crippen MR) is 122 cm³/mol. The van der Waals surface area contributed by atoms with E-state index in [4.69, 9.17) is 16.3 Å². The Morgan fingerprint density at radius 3 is 2.18 bits per heavy atom. The summed E-state index contributed by atoms with van der Waals surface area (Å²) in [6.45, 7) is 3.46. The molecule has 0 radical (unpaired) electrons. The van der Waals surface area contributed by atoms with Gasteiger partial charge in [-0.05, 0) is 56.3 Å². The predicted octanol–water partition coefficient (Wildman–Crippen LogP) is 6.03. The van der Waals surface area contributed by atoms with Crippen molar-refractivity contribution in [1.29, 1.82) is 0 Å². The van der Waals surface area contributed by atoms with Crippen LogP contribution in [0.1, 0.15) is 28.4 Å². The second-order valence-electron chi connectivity index (χ2n) is 7.44. The number of phenolic OH excluding ortho intramolecular Hbond substituents is 1. The van der Waals surface area contributed by atoms with Crippen molar-refractivity contribution in [3.05, 3.63) is 82.4 Å². The number of alkyl halides is 3. The van der Waals surface area contributed by atoms with Crippen LogP contribution in [0.4, 0.5) is 24.5 Å². The number of phenols is 1. The van der Waals surface area contributed by atoms with Gasteiger partial charge in [-0.1, -0.05) is 29.3 Å². The zero-order valence-corrected chi connectivity index (χ0v) is 18.8. The smallest absolute Gasteiger partial charge is 0.416 e. The van der Waals surface area contributed by atoms with E-state index in [-0.39, 0.29) is 22.0 Å². The lowest BCUT2D eigenvalue weighted by molar-refractivity contribution is -0.137. The summed E-state index contributed by atoms with van der Waals surface area (Å²) in [5, 5.41) is 15.2. The number of carbonyl (C=O) groups is 2. The van der Waals surface area contributed by atoms with Gasteiger partial charge in [0, 0.05) is 11.6 Å². The molecule has 3 aromatic carbocycles. The van der Waals surface area contributed by atoms with Gasteiger partial charge in [0.25, 0.3) is 11.8 Å². The summed E-state index contributed by atoms with van der Waals surface area (Å²) in [5.74, 6) is -1.18. The number of halogens is 4. The molecule has 0 aliphatic carbocycles. The summed E-state index contributed by atoms with van der Waals surface area (Å²) in [5.41, 5.74) is 0.0868. The van der Waals surface area contributed by atoms with Gasteiger partial charge >= 0.3 is 6.18 Å². The van der Waals surface area contributed by atoms with Gasteiger partial charge in [0.2, 0.25) is 0 Å². The van der Waals surface area contributed by atoms with Crippen molar-refractivity contribution in [3.63, 3.8) is 0 Å². The first-order valence-electron chi connectivity index (χ1n) is 9.99. The molecule has 3 N–H and O–H groups in total. The van der Waals surface area contributed by atoms with Gasteiger partial charge < -0.3 is 20.5 Å². The first-order valence-corrected chi connectivity index (χ1v) is 10.4. The van der Waals surface area contributed by atoms with Crippen LogP contribution in [0.25, 0.3) is 0 Å². The second kappa shape index (κ2) is 10.0. The Bertz CT molecular complexity index is 1200. The lowest BCUT2D eigenvalue weighted by Gasteiger charge is -2.16. The third-order valence-electron chi connectivity index (χ3n) is 4.77. The van der Waals surface area contributed by atoms with E-state index in [1.165, 1.54) is 6.07 Å². The van der Waals surface area contributed by atoms with Crippen molar-refractivity contribution >= 4 is 34.8 Å². The van der Waals surface area contributed by atoms with Crippen LogP contribution in [0.2, 0.25) is 5.02 Å². The molecule has 0 bridgehead atoms. The van der Waals surface area contributed by atoms with E-state index in [0.29, 0.717) is 5.75 Å². The number of nitrogens with one attached hydrogen (secondary N) is 2. The molecular formula is C24H20ClF3N2O4. The monoisotopic (exact) mass is 492 g/mol. The number of hydrogen-bond acceptors (Lipinski definition) is 4. The largest absolute Gasteiger partial charge is 0.506 e. The average molecular weight is 493 g/mol. The molecule has 0 saturated carbocycles. The fourth-order valence-corrected chi connectivity index (χ4v) is 3.08. The standard InChI is InChI=1S/C24H20ClF3N2O4/c1-13-3-9-17(10-4-13)34-14(2)22(32)29-19-12-21(31)20(11-18(19)25)30-23(33)15-5-7-16(8-6-15)24(26,27)28/h3-12,14,31H,1-2H3,(H,29,32)(H,30,33). The maximum absolute atomic E-state index is 12.7. The van der Waals surface area contributed by atoms with Crippen molar-refractivity contribution in [2.45, 2.75) is 26.1 Å². The molecule has 0 aliphatic rings. The van der Waals surface area contributed by atoms with Crippen LogP contribution in [0.3, 0.4) is 0 Å². The van der Waals surface area contributed by atoms with Crippen molar-refractivity contribution in [3.8, 4) is 11.5 Å². The zero-order chi connectivity index (χ0) is 25.0. The van der Waals surface area contributed by atoms with Gasteiger partial charge in [0.1, 0.15) is 11.5 Å². The number of aryl methyl sites for hydroxylation is 1. The SMILES string of the molecule is Cc1ccc(OC(C)C(=O)Nc2cc(O)c(NC(=O)c3ccc(C(F)(F)F)cc3)cc2Cl)cc1. The zero-order valence-electron chi connectivity index (χ0n) is 18.0. The molecule has 1 atom stereocenters. The molecule has 2 amide bonds. The molecule has 0 fully saturated rings. The van der Waals surface area contributed by atoms with Crippen LogP contribution in [0.5, 0.6) is 11.5 Å². The molecular weight excluding hydrogens is 473 g/mol. The molecule has 3 rings (SSSR count). The molecule has 0 saturated heterocycles. The minimum absolute atomic E-state index is 0.0106. The highest BCUT2D eigenvalue weighted by molar-refractivity contribution is 6.34. The van der Waals surface area contributed by atoms with Gasteiger partial charge in [-0.15, -0.1) is 0 Å². The van der Waals surface area contributed by atoms with Crippen LogP contribution in [0, 0.1) is 6.92 Å². The number of aromatic hydroxyl groups is 1. The number of carbonyl (C=O) groups excluding carboxylic acids is 2. The topological polar surface area (TPSA) is 87.7 Å². The fraction of sp³-hybridized carbons (Fsp3) is 0.167. The van der Waals surface area contributed by atoms with Crippen molar-refractivity contribution in [2.75, 3.05) is 10.6 Å². The number of benzene rings is 3. The number of ether oxygens (including phenoxy) is 1. The lowest BCUT2D eigenvalue weighted by Crippen LogP contribution is -2.30. The Kier molecular flexibility index (Phi) is 7.36. The van der Waals surface area contributed by atoms with E-state index >= 15 is 0 Å². The van der Waals surface area contributed by atoms with Crippen LogP contribution in [0.15, 0.2) is 60.7 Å². The molecule has 0 heterocycles. The normalized spacial score (nSPS) is 12.1. The van der Waals surface area contributed by atoms with Crippen molar-refractivity contribution in [1.82, 2.24) is 0 Å². The number of hydrogen-bond donors (Lipinski definition) is 3. The summed E-state index contributed by atoms with van der Waals surface area (Å²) < 4.78 is 43.6. The Morgan fingerprint density at radius 2 is 1.59 bits per heavy atom. The molecule has 34 heavy (non-hydrogen) atoms. The third-order valence-corrected chi connectivity index (χ3v) is 5.08. The molecule has 0 aromatic heterocycles. The maximum atomic E-state index is 12.7. The van der Waals surface area contributed by atoms with Crippen LogP contribution in [-0.4, -0.2) is 23.0 Å². The quantitative estimate of drug-likeness (QED) is 0.366. The highest BCUT2D eigenvalue weighted by Gasteiger charge is 2.30. The summed E-state index contributed by atoms with van der Waals surface area (Å²) in [4.78, 5) is 24.8. The molecule has 1 unspecified atom stereocenters. The van der Waals surface area contributed by atoms with Gasteiger partial charge in [-0.25, -0.2) is 0 Å². The molecule has 0 aliphatic heterocycles. The van der Waals surface area contributed by atoms with E-state index in [9.17, 15) is 27.9 Å². The van der Waals surface area contributed by atoms with E-state index < -0.39 is 35.4 Å². The molecule has 0 spiro atoms. The Labute approximate surface area is 198 Å². The molecule has 6 nitrogen and oxygen atoms in total. The van der Waals surface area contributed by atoms with Crippen LogP contribution in [-0.2, 0) is 11.0 Å². The number of anilines is 2. The van der Waals surface area contributed by atoms with Gasteiger partial charge in [-0.3, -0.25) is 9.59 Å². The number of rotatable bonds is 6. The van der Waals surface area contributed by atoms with E-state index in [0.717, 1.165) is 35.9 Å². The first kappa shape index (κ1) is 24.9. The molecule has 3 aromatic rings.